The number of likely N-dealkylation sites (N-methyl/N-ethyl adjacent to an activating group) is 1. The molecule has 0 aliphatic rings. The van der Waals surface area contributed by atoms with E-state index >= 15 is 0 Å². The van der Waals surface area contributed by atoms with Crippen LogP contribution in [0.1, 0.15) is 5.69 Å². The number of aromatic nitrogens is 2. The van der Waals surface area contributed by atoms with Crippen LogP contribution in [-0.4, -0.2) is 23.4 Å². The summed E-state index contributed by atoms with van der Waals surface area (Å²) in [5, 5.41) is 9.52. The SMILES string of the molecule is CNCCn1nc2ccc(Cl)cc2c1C. The molecular weight excluding hydrogens is 210 g/mol. The van der Waals surface area contributed by atoms with E-state index in [9.17, 15) is 0 Å². The zero-order valence-electron chi connectivity index (χ0n) is 8.92. The molecule has 2 aromatic rings. The van der Waals surface area contributed by atoms with Gasteiger partial charge in [0, 0.05) is 22.6 Å². The molecule has 1 aromatic heterocycles. The Bertz CT molecular complexity index is 476. The van der Waals surface area contributed by atoms with Gasteiger partial charge in [-0.2, -0.15) is 5.10 Å². The number of hydrogen-bond acceptors (Lipinski definition) is 2. The maximum absolute atomic E-state index is 5.95. The van der Waals surface area contributed by atoms with Gasteiger partial charge in [0.15, 0.2) is 0 Å². The third-order valence-corrected chi connectivity index (χ3v) is 2.77. The molecule has 0 radical (unpaired) electrons. The number of halogens is 1. The zero-order valence-corrected chi connectivity index (χ0v) is 9.67. The molecule has 0 spiro atoms. The Morgan fingerprint density at radius 2 is 2.27 bits per heavy atom. The van der Waals surface area contributed by atoms with Crippen molar-refractivity contribution in [3.8, 4) is 0 Å². The molecule has 15 heavy (non-hydrogen) atoms. The van der Waals surface area contributed by atoms with Crippen molar-refractivity contribution in [2.45, 2.75) is 13.5 Å². The van der Waals surface area contributed by atoms with Crippen LogP contribution in [0.2, 0.25) is 5.02 Å². The van der Waals surface area contributed by atoms with Gasteiger partial charge in [-0.15, -0.1) is 0 Å². The van der Waals surface area contributed by atoms with Crippen molar-refractivity contribution in [3.63, 3.8) is 0 Å². The fraction of sp³-hybridized carbons (Fsp3) is 0.364. The lowest BCUT2D eigenvalue weighted by Gasteiger charge is -2.02. The molecule has 0 fully saturated rings. The van der Waals surface area contributed by atoms with Crippen molar-refractivity contribution < 1.29 is 0 Å². The monoisotopic (exact) mass is 223 g/mol. The zero-order chi connectivity index (χ0) is 10.8. The number of hydrogen-bond donors (Lipinski definition) is 1. The minimum Gasteiger partial charge on any atom is -0.318 e. The third-order valence-electron chi connectivity index (χ3n) is 2.54. The number of fused-ring (bicyclic) bond motifs is 1. The summed E-state index contributed by atoms with van der Waals surface area (Å²) < 4.78 is 2.01. The largest absolute Gasteiger partial charge is 0.318 e. The molecule has 1 N–H and O–H groups in total. The summed E-state index contributed by atoms with van der Waals surface area (Å²) in [5.74, 6) is 0. The van der Waals surface area contributed by atoms with Crippen molar-refractivity contribution in [3.05, 3.63) is 28.9 Å². The van der Waals surface area contributed by atoms with Crippen molar-refractivity contribution in [2.24, 2.45) is 0 Å². The van der Waals surface area contributed by atoms with Gasteiger partial charge in [0.1, 0.15) is 0 Å². The standard InChI is InChI=1S/C11H14ClN3/c1-8-10-7-9(12)3-4-11(10)14-15(8)6-5-13-2/h3-4,7,13H,5-6H2,1-2H3. The van der Waals surface area contributed by atoms with Crippen LogP contribution < -0.4 is 5.32 Å². The molecule has 1 heterocycles. The van der Waals surface area contributed by atoms with Crippen LogP contribution in [0.5, 0.6) is 0 Å². The van der Waals surface area contributed by atoms with E-state index in [4.69, 9.17) is 11.6 Å². The third kappa shape index (κ3) is 1.98. The van der Waals surface area contributed by atoms with Crippen molar-refractivity contribution in [1.29, 1.82) is 0 Å². The van der Waals surface area contributed by atoms with Crippen LogP contribution in [-0.2, 0) is 6.54 Å². The van der Waals surface area contributed by atoms with E-state index in [0.717, 1.165) is 29.0 Å². The highest BCUT2D eigenvalue weighted by Crippen LogP contribution is 2.21. The number of nitrogens with zero attached hydrogens (tertiary/aromatic N) is 2. The number of nitrogens with one attached hydrogen (secondary N) is 1. The van der Waals surface area contributed by atoms with Gasteiger partial charge in [0.05, 0.1) is 12.1 Å². The topological polar surface area (TPSA) is 29.9 Å². The van der Waals surface area contributed by atoms with Crippen molar-refractivity contribution in [1.82, 2.24) is 15.1 Å². The van der Waals surface area contributed by atoms with E-state index in [2.05, 4.69) is 17.3 Å². The Morgan fingerprint density at radius 3 is 3.00 bits per heavy atom. The van der Waals surface area contributed by atoms with Gasteiger partial charge in [-0.3, -0.25) is 4.68 Å². The van der Waals surface area contributed by atoms with E-state index < -0.39 is 0 Å². The van der Waals surface area contributed by atoms with E-state index in [1.807, 2.05) is 29.9 Å². The molecule has 0 saturated carbocycles. The maximum atomic E-state index is 5.95. The normalized spacial score (nSPS) is 11.1. The van der Waals surface area contributed by atoms with Gasteiger partial charge >= 0.3 is 0 Å². The second-order valence-electron chi connectivity index (χ2n) is 3.57. The van der Waals surface area contributed by atoms with Crippen LogP contribution in [0.4, 0.5) is 0 Å². The Hall–Kier alpha value is -1.06. The molecule has 3 nitrogen and oxygen atoms in total. The summed E-state index contributed by atoms with van der Waals surface area (Å²) in [5.41, 5.74) is 2.18. The van der Waals surface area contributed by atoms with Gasteiger partial charge in [0.25, 0.3) is 0 Å². The Labute approximate surface area is 94.0 Å². The Morgan fingerprint density at radius 1 is 1.47 bits per heavy atom. The summed E-state index contributed by atoms with van der Waals surface area (Å²) in [6.07, 6.45) is 0. The predicted octanol–water partition coefficient (Wildman–Crippen LogP) is 2.22. The molecule has 2 rings (SSSR count). The summed E-state index contributed by atoms with van der Waals surface area (Å²) in [6.45, 7) is 3.87. The number of rotatable bonds is 3. The van der Waals surface area contributed by atoms with E-state index in [-0.39, 0.29) is 0 Å². The Balaban J connectivity index is 2.45. The molecule has 1 aromatic carbocycles. The second kappa shape index (κ2) is 4.21. The average molecular weight is 224 g/mol. The molecule has 0 aliphatic heterocycles. The summed E-state index contributed by atoms with van der Waals surface area (Å²) in [6, 6.07) is 5.80. The molecule has 0 bridgehead atoms. The lowest BCUT2D eigenvalue weighted by Crippen LogP contribution is -2.16. The first-order valence-electron chi connectivity index (χ1n) is 4.99. The molecule has 0 unspecified atom stereocenters. The molecule has 0 aliphatic carbocycles. The second-order valence-corrected chi connectivity index (χ2v) is 4.01. The molecule has 0 amide bonds. The summed E-state index contributed by atoms with van der Waals surface area (Å²) >= 11 is 5.95. The van der Waals surface area contributed by atoms with Crippen LogP contribution in [0.3, 0.4) is 0 Å². The molecule has 0 atom stereocenters. The van der Waals surface area contributed by atoms with E-state index in [1.54, 1.807) is 0 Å². The van der Waals surface area contributed by atoms with Gasteiger partial charge in [-0.05, 0) is 32.2 Å². The van der Waals surface area contributed by atoms with Gasteiger partial charge < -0.3 is 5.32 Å². The smallest absolute Gasteiger partial charge is 0.0927 e. The van der Waals surface area contributed by atoms with Crippen LogP contribution >= 0.6 is 11.6 Å². The summed E-state index contributed by atoms with van der Waals surface area (Å²) in [7, 11) is 1.94. The fourth-order valence-corrected chi connectivity index (χ4v) is 1.84. The average Bonchev–Trinajstić information content (AvgIpc) is 2.53. The maximum Gasteiger partial charge on any atom is 0.0927 e. The number of aryl methyl sites for hydroxylation is 1. The first-order chi connectivity index (χ1) is 7.22. The molecule has 0 saturated heterocycles. The minimum absolute atomic E-state index is 0.763. The molecule has 4 heteroatoms. The van der Waals surface area contributed by atoms with Gasteiger partial charge in [-0.1, -0.05) is 11.6 Å². The van der Waals surface area contributed by atoms with E-state index in [0.29, 0.717) is 0 Å². The van der Waals surface area contributed by atoms with Crippen LogP contribution in [0, 0.1) is 6.92 Å². The number of benzene rings is 1. The highest BCUT2D eigenvalue weighted by molar-refractivity contribution is 6.31. The van der Waals surface area contributed by atoms with E-state index in [1.165, 1.54) is 5.69 Å². The minimum atomic E-state index is 0.763. The molecular formula is C11H14ClN3. The first-order valence-corrected chi connectivity index (χ1v) is 5.37. The highest BCUT2D eigenvalue weighted by atomic mass is 35.5. The predicted molar refractivity (Wildman–Crippen MR) is 63.4 cm³/mol. The van der Waals surface area contributed by atoms with Crippen LogP contribution in [0.15, 0.2) is 18.2 Å². The lowest BCUT2D eigenvalue weighted by molar-refractivity contribution is 0.577. The first kappa shape index (κ1) is 10.5. The lowest BCUT2D eigenvalue weighted by atomic mass is 10.2. The van der Waals surface area contributed by atoms with Crippen molar-refractivity contribution >= 4 is 22.5 Å². The quantitative estimate of drug-likeness (QED) is 0.865. The fourth-order valence-electron chi connectivity index (χ4n) is 1.66. The summed E-state index contributed by atoms with van der Waals surface area (Å²) in [4.78, 5) is 0. The highest BCUT2D eigenvalue weighted by Gasteiger charge is 2.06. The van der Waals surface area contributed by atoms with Gasteiger partial charge in [-0.25, -0.2) is 0 Å². The van der Waals surface area contributed by atoms with Crippen LogP contribution in [0.25, 0.3) is 10.9 Å². The van der Waals surface area contributed by atoms with Crippen molar-refractivity contribution in [2.75, 3.05) is 13.6 Å². The van der Waals surface area contributed by atoms with Gasteiger partial charge in [0.2, 0.25) is 0 Å². The molecule has 80 valence electrons. The Kier molecular flexibility index (Phi) is 2.93.